The number of halogens is 1. The number of nitrogens with one attached hydrogen (secondary N) is 1. The third-order valence-corrected chi connectivity index (χ3v) is 3.23. The lowest BCUT2D eigenvalue weighted by Gasteiger charge is -2.13. The van der Waals surface area contributed by atoms with Crippen molar-refractivity contribution >= 4 is 39.1 Å². The minimum Gasteiger partial charge on any atom is -0.495 e. The smallest absolute Gasteiger partial charge is 0.356 e. The molecule has 0 aliphatic rings. The molecule has 0 amide bonds. The predicted octanol–water partition coefficient (Wildman–Crippen LogP) is 2.97. The molecule has 110 valence electrons. The van der Waals surface area contributed by atoms with Gasteiger partial charge in [-0.25, -0.2) is 9.78 Å². The molecule has 6 nitrogen and oxygen atoms in total. The van der Waals surface area contributed by atoms with Gasteiger partial charge in [0.15, 0.2) is 11.5 Å². The Labute approximate surface area is 130 Å². The van der Waals surface area contributed by atoms with E-state index in [1.165, 1.54) is 13.2 Å². The highest BCUT2D eigenvalue weighted by Crippen LogP contribution is 2.31. The second-order valence-electron chi connectivity index (χ2n) is 4.10. The Balaban J connectivity index is 2.39. The molecule has 21 heavy (non-hydrogen) atoms. The maximum Gasteiger partial charge on any atom is 0.356 e. The predicted molar refractivity (Wildman–Crippen MR) is 84.0 cm³/mol. The van der Waals surface area contributed by atoms with Crippen molar-refractivity contribution in [2.45, 2.75) is 0 Å². The third-order valence-electron chi connectivity index (χ3n) is 2.74. The molecular weight excluding hydrogens is 338 g/mol. The molecule has 0 atom stereocenters. The number of nitrogens with zero attached hydrogens (tertiary/aromatic N) is 1. The van der Waals surface area contributed by atoms with E-state index >= 15 is 0 Å². The van der Waals surface area contributed by atoms with Gasteiger partial charge in [0.05, 0.1) is 25.6 Å². The van der Waals surface area contributed by atoms with E-state index in [4.69, 9.17) is 10.5 Å². The molecule has 2 aromatic rings. The van der Waals surface area contributed by atoms with Crippen molar-refractivity contribution in [3.63, 3.8) is 0 Å². The first kappa shape index (κ1) is 15.1. The van der Waals surface area contributed by atoms with Crippen molar-refractivity contribution in [1.82, 2.24) is 4.98 Å². The zero-order valence-corrected chi connectivity index (χ0v) is 13.1. The number of carbonyl (C=O) groups is 1. The Hall–Kier alpha value is -2.28. The van der Waals surface area contributed by atoms with Crippen molar-refractivity contribution in [1.29, 1.82) is 0 Å². The molecule has 0 aliphatic heterocycles. The number of pyridine rings is 1. The lowest BCUT2D eigenvalue weighted by atomic mass is 10.2. The third kappa shape index (κ3) is 3.43. The lowest BCUT2D eigenvalue weighted by molar-refractivity contribution is 0.0594. The molecule has 0 fully saturated rings. The zero-order valence-electron chi connectivity index (χ0n) is 11.5. The topological polar surface area (TPSA) is 86.5 Å². The van der Waals surface area contributed by atoms with Crippen LogP contribution in [-0.2, 0) is 4.74 Å². The van der Waals surface area contributed by atoms with E-state index in [1.807, 2.05) is 12.1 Å². The molecule has 0 aliphatic carbocycles. The molecule has 0 bridgehead atoms. The van der Waals surface area contributed by atoms with Crippen LogP contribution in [-0.4, -0.2) is 25.2 Å². The van der Waals surface area contributed by atoms with E-state index in [-0.39, 0.29) is 5.69 Å². The summed E-state index contributed by atoms with van der Waals surface area (Å²) in [5, 5.41) is 3.05. The van der Waals surface area contributed by atoms with Crippen LogP contribution in [0.25, 0.3) is 0 Å². The molecule has 0 radical (unpaired) electrons. The van der Waals surface area contributed by atoms with Gasteiger partial charge in [0.2, 0.25) is 0 Å². The molecule has 1 aromatic carbocycles. The van der Waals surface area contributed by atoms with Gasteiger partial charge in [-0.2, -0.15) is 0 Å². The van der Waals surface area contributed by atoms with E-state index in [2.05, 4.69) is 31.0 Å². The number of aromatic nitrogens is 1. The molecule has 1 heterocycles. The number of rotatable bonds is 4. The molecule has 7 heteroatoms. The molecule has 0 saturated heterocycles. The summed E-state index contributed by atoms with van der Waals surface area (Å²) in [6.07, 6.45) is 0. The van der Waals surface area contributed by atoms with Crippen LogP contribution in [0, 0.1) is 0 Å². The average molecular weight is 352 g/mol. The summed E-state index contributed by atoms with van der Waals surface area (Å²) in [5.41, 5.74) is 7.13. The maximum atomic E-state index is 11.5. The Morgan fingerprint density at radius 1 is 1.29 bits per heavy atom. The fraction of sp³-hybridized carbons (Fsp3) is 0.143. The molecule has 0 unspecified atom stereocenters. The highest BCUT2D eigenvalue weighted by molar-refractivity contribution is 9.10. The van der Waals surface area contributed by atoms with Gasteiger partial charge < -0.3 is 20.5 Å². The van der Waals surface area contributed by atoms with Crippen LogP contribution in [0.4, 0.5) is 17.2 Å². The van der Waals surface area contributed by atoms with E-state index in [1.54, 1.807) is 19.2 Å². The number of benzene rings is 1. The van der Waals surface area contributed by atoms with Crippen molar-refractivity contribution in [2.75, 3.05) is 25.3 Å². The number of hydrogen-bond donors (Lipinski definition) is 2. The highest BCUT2D eigenvalue weighted by atomic mass is 79.9. The number of nitrogens with two attached hydrogens (primary N) is 1. The number of anilines is 3. The zero-order chi connectivity index (χ0) is 15.4. The fourth-order valence-electron chi connectivity index (χ4n) is 1.69. The van der Waals surface area contributed by atoms with Crippen LogP contribution in [0.15, 0.2) is 34.8 Å². The van der Waals surface area contributed by atoms with Crippen LogP contribution < -0.4 is 15.8 Å². The minimum absolute atomic E-state index is 0.170. The highest BCUT2D eigenvalue weighted by Gasteiger charge is 2.12. The van der Waals surface area contributed by atoms with Gasteiger partial charge in [-0.15, -0.1) is 0 Å². The van der Waals surface area contributed by atoms with Gasteiger partial charge >= 0.3 is 5.97 Å². The first-order valence-corrected chi connectivity index (χ1v) is 6.80. The number of methoxy groups -OCH3 is 2. The Kier molecular flexibility index (Phi) is 4.64. The first-order valence-electron chi connectivity index (χ1n) is 6.00. The average Bonchev–Trinajstić information content (AvgIpc) is 2.49. The molecule has 0 spiro atoms. The summed E-state index contributed by atoms with van der Waals surface area (Å²) < 4.78 is 10.8. The maximum absolute atomic E-state index is 11.5. The first-order chi connectivity index (χ1) is 10.0. The van der Waals surface area contributed by atoms with Gasteiger partial charge in [-0.1, -0.05) is 15.9 Å². The molecule has 0 saturated carbocycles. The summed E-state index contributed by atoms with van der Waals surface area (Å²) in [7, 11) is 2.86. The fourth-order valence-corrected chi connectivity index (χ4v) is 2.05. The van der Waals surface area contributed by atoms with Crippen LogP contribution >= 0.6 is 15.9 Å². The Bertz CT molecular complexity index is 677. The van der Waals surface area contributed by atoms with Gasteiger partial charge in [-0.3, -0.25) is 0 Å². The number of hydrogen-bond acceptors (Lipinski definition) is 6. The Morgan fingerprint density at radius 2 is 2.05 bits per heavy atom. The van der Waals surface area contributed by atoms with Crippen LogP contribution in [0.1, 0.15) is 10.5 Å². The van der Waals surface area contributed by atoms with Crippen molar-refractivity contribution in [2.24, 2.45) is 0 Å². The second kappa shape index (κ2) is 6.45. The molecule has 3 N–H and O–H groups in total. The normalized spacial score (nSPS) is 10.0. The minimum atomic E-state index is -0.528. The van der Waals surface area contributed by atoms with Crippen molar-refractivity contribution in [3.05, 3.63) is 40.5 Å². The van der Waals surface area contributed by atoms with Crippen molar-refractivity contribution in [3.8, 4) is 5.75 Å². The summed E-state index contributed by atoms with van der Waals surface area (Å²) in [4.78, 5) is 15.7. The lowest BCUT2D eigenvalue weighted by Crippen LogP contribution is -2.08. The SMILES string of the molecule is COC(=O)c1ccc(N)c(Nc2cc(Br)ccc2OC)n1. The van der Waals surface area contributed by atoms with Crippen LogP contribution in [0.3, 0.4) is 0 Å². The molecule has 2 rings (SSSR count). The van der Waals surface area contributed by atoms with Gasteiger partial charge in [0.25, 0.3) is 0 Å². The quantitative estimate of drug-likeness (QED) is 0.823. The van der Waals surface area contributed by atoms with E-state index in [0.29, 0.717) is 22.9 Å². The largest absolute Gasteiger partial charge is 0.495 e. The Morgan fingerprint density at radius 3 is 2.71 bits per heavy atom. The van der Waals surface area contributed by atoms with Crippen molar-refractivity contribution < 1.29 is 14.3 Å². The number of ether oxygens (including phenoxy) is 2. The summed E-state index contributed by atoms with van der Waals surface area (Å²) >= 11 is 3.38. The number of esters is 1. The van der Waals surface area contributed by atoms with Crippen LogP contribution in [0.5, 0.6) is 5.75 Å². The molecular formula is C14H14BrN3O3. The summed E-state index contributed by atoms with van der Waals surface area (Å²) in [6, 6.07) is 8.57. The van der Waals surface area contributed by atoms with Gasteiger partial charge in [0.1, 0.15) is 5.75 Å². The van der Waals surface area contributed by atoms with E-state index in [0.717, 1.165) is 4.47 Å². The monoisotopic (exact) mass is 351 g/mol. The summed E-state index contributed by atoms with van der Waals surface area (Å²) in [5.74, 6) is 0.455. The van der Waals surface area contributed by atoms with E-state index in [9.17, 15) is 4.79 Å². The molecule has 1 aromatic heterocycles. The van der Waals surface area contributed by atoms with Crippen LogP contribution in [0.2, 0.25) is 0 Å². The van der Waals surface area contributed by atoms with E-state index < -0.39 is 5.97 Å². The number of carbonyl (C=O) groups excluding carboxylic acids is 1. The second-order valence-corrected chi connectivity index (χ2v) is 5.01. The summed E-state index contributed by atoms with van der Waals surface area (Å²) in [6.45, 7) is 0. The number of nitrogen functional groups attached to an aromatic ring is 1. The van der Waals surface area contributed by atoms with Gasteiger partial charge in [0, 0.05) is 4.47 Å². The standard InChI is InChI=1S/C14H14BrN3O3/c1-20-12-6-3-8(15)7-11(12)18-13-9(16)4-5-10(17-13)14(19)21-2/h3-7H,16H2,1-2H3,(H,17,18). The van der Waals surface area contributed by atoms with Gasteiger partial charge in [-0.05, 0) is 30.3 Å².